The van der Waals surface area contributed by atoms with Gasteiger partial charge in [-0.15, -0.1) is 0 Å². The van der Waals surface area contributed by atoms with Gasteiger partial charge in [0.1, 0.15) is 0 Å². The Hall–Kier alpha value is -3.75. The van der Waals surface area contributed by atoms with Crippen molar-refractivity contribution in [1.29, 1.82) is 0 Å². The van der Waals surface area contributed by atoms with Gasteiger partial charge < -0.3 is 14.7 Å². The van der Waals surface area contributed by atoms with Crippen LogP contribution in [0.1, 0.15) is 27.9 Å². The predicted molar refractivity (Wildman–Crippen MR) is 122 cm³/mol. The Kier molecular flexibility index (Phi) is 5.88. The Labute approximate surface area is 194 Å². The number of fused-ring (bicyclic) bond motifs is 1. The lowest BCUT2D eigenvalue weighted by Gasteiger charge is -2.23. The number of carbonyl (C=O) groups excluding carboxylic acids is 2. The van der Waals surface area contributed by atoms with Crippen LogP contribution in [-0.2, 0) is 16.9 Å². The second-order valence-corrected chi connectivity index (χ2v) is 8.08. The molecule has 3 aromatic rings. The maximum atomic E-state index is 13.4. The predicted octanol–water partition coefficient (Wildman–Crippen LogP) is 4.26. The standard InChI is InChI=1S/C24H19ClN2O6/c1-33-22-10-7-16(11-20(22)27(31)32)21(28)13-24(30)18-12-17(25)8-9-19(18)26(23(24)29)14-15-5-3-2-4-6-15/h2-12,30H,13-14H2,1H3. The van der Waals surface area contributed by atoms with E-state index in [4.69, 9.17) is 16.3 Å². The molecule has 1 aliphatic heterocycles. The van der Waals surface area contributed by atoms with E-state index in [9.17, 15) is 24.8 Å². The minimum absolute atomic E-state index is 0.00151. The van der Waals surface area contributed by atoms with E-state index < -0.39 is 28.6 Å². The van der Waals surface area contributed by atoms with Crippen LogP contribution in [0.2, 0.25) is 5.02 Å². The number of benzene rings is 3. The molecule has 0 aromatic heterocycles. The van der Waals surface area contributed by atoms with E-state index in [1.54, 1.807) is 12.1 Å². The van der Waals surface area contributed by atoms with Crippen LogP contribution in [0.5, 0.6) is 5.75 Å². The number of aliphatic hydroxyl groups is 1. The van der Waals surface area contributed by atoms with E-state index in [2.05, 4.69) is 0 Å². The number of ether oxygens (including phenoxy) is 1. The van der Waals surface area contributed by atoms with Crippen LogP contribution in [0.25, 0.3) is 0 Å². The van der Waals surface area contributed by atoms with E-state index >= 15 is 0 Å². The molecule has 1 aliphatic rings. The van der Waals surface area contributed by atoms with Crippen molar-refractivity contribution in [3.05, 3.63) is 98.6 Å². The van der Waals surface area contributed by atoms with Crippen molar-refractivity contribution in [2.45, 2.75) is 18.6 Å². The highest BCUT2D eigenvalue weighted by atomic mass is 35.5. The number of hydrogen-bond donors (Lipinski definition) is 1. The highest BCUT2D eigenvalue weighted by molar-refractivity contribution is 6.31. The Bertz CT molecular complexity index is 1260. The van der Waals surface area contributed by atoms with Gasteiger partial charge in [-0.3, -0.25) is 19.7 Å². The number of methoxy groups -OCH3 is 1. The first-order valence-corrected chi connectivity index (χ1v) is 10.4. The summed E-state index contributed by atoms with van der Waals surface area (Å²) in [7, 11) is 1.28. The summed E-state index contributed by atoms with van der Waals surface area (Å²) >= 11 is 6.13. The fourth-order valence-corrected chi connectivity index (χ4v) is 4.13. The van der Waals surface area contributed by atoms with Gasteiger partial charge in [0.2, 0.25) is 0 Å². The molecule has 0 fully saturated rings. The molecule has 0 radical (unpaired) electrons. The van der Waals surface area contributed by atoms with Gasteiger partial charge in [-0.1, -0.05) is 41.9 Å². The lowest BCUT2D eigenvalue weighted by atomic mass is 9.88. The molecule has 33 heavy (non-hydrogen) atoms. The molecule has 0 bridgehead atoms. The topological polar surface area (TPSA) is 110 Å². The summed E-state index contributed by atoms with van der Waals surface area (Å²) in [4.78, 5) is 38.5. The molecule has 1 amide bonds. The number of amides is 1. The molecule has 1 heterocycles. The van der Waals surface area contributed by atoms with E-state index in [-0.39, 0.29) is 29.1 Å². The van der Waals surface area contributed by atoms with Crippen molar-refractivity contribution in [1.82, 2.24) is 0 Å². The lowest BCUT2D eigenvalue weighted by Crippen LogP contribution is -2.41. The largest absolute Gasteiger partial charge is 0.490 e. The molecule has 1 atom stereocenters. The van der Waals surface area contributed by atoms with E-state index in [1.807, 2.05) is 30.3 Å². The molecule has 1 unspecified atom stereocenters. The fourth-order valence-electron chi connectivity index (χ4n) is 3.96. The summed E-state index contributed by atoms with van der Waals surface area (Å²) in [5.41, 5.74) is -1.07. The molecule has 8 nitrogen and oxygen atoms in total. The molecule has 3 aromatic carbocycles. The molecule has 1 N–H and O–H groups in total. The Morgan fingerprint density at radius 2 is 1.88 bits per heavy atom. The summed E-state index contributed by atoms with van der Waals surface area (Å²) in [6.07, 6.45) is -0.603. The van der Waals surface area contributed by atoms with Gasteiger partial charge in [0.05, 0.1) is 30.7 Å². The number of hydrogen-bond acceptors (Lipinski definition) is 6. The molecule has 0 spiro atoms. The summed E-state index contributed by atoms with van der Waals surface area (Å²) in [5, 5.41) is 23.1. The summed E-state index contributed by atoms with van der Waals surface area (Å²) < 4.78 is 4.96. The van der Waals surface area contributed by atoms with Crippen LogP contribution in [0.4, 0.5) is 11.4 Å². The summed E-state index contributed by atoms with van der Waals surface area (Å²) in [6, 6.07) is 17.7. The number of ketones is 1. The van der Waals surface area contributed by atoms with Gasteiger partial charge in [-0.25, -0.2) is 0 Å². The number of nitro groups is 1. The fraction of sp³-hybridized carbons (Fsp3) is 0.167. The van der Waals surface area contributed by atoms with Crippen LogP contribution in [0.15, 0.2) is 66.7 Å². The highest BCUT2D eigenvalue weighted by Crippen LogP contribution is 2.45. The van der Waals surface area contributed by atoms with Crippen molar-refractivity contribution in [2.24, 2.45) is 0 Å². The summed E-state index contributed by atoms with van der Waals surface area (Å²) in [5.74, 6) is -1.30. The number of rotatable bonds is 7. The van der Waals surface area contributed by atoms with Crippen LogP contribution >= 0.6 is 11.6 Å². The maximum Gasteiger partial charge on any atom is 0.311 e. The third-order valence-corrected chi connectivity index (χ3v) is 5.83. The zero-order valence-electron chi connectivity index (χ0n) is 17.5. The zero-order valence-corrected chi connectivity index (χ0v) is 18.3. The second-order valence-electron chi connectivity index (χ2n) is 7.64. The third-order valence-electron chi connectivity index (χ3n) is 5.59. The van der Waals surface area contributed by atoms with Gasteiger partial charge >= 0.3 is 5.69 Å². The molecule has 0 saturated carbocycles. The third kappa shape index (κ3) is 4.06. The monoisotopic (exact) mass is 466 g/mol. The van der Waals surface area contributed by atoms with E-state index in [0.717, 1.165) is 11.6 Å². The van der Waals surface area contributed by atoms with Crippen LogP contribution in [0, 0.1) is 10.1 Å². The van der Waals surface area contributed by atoms with Crippen molar-refractivity contribution in [3.63, 3.8) is 0 Å². The minimum atomic E-state index is -2.17. The molecule has 9 heteroatoms. The first-order chi connectivity index (χ1) is 15.7. The van der Waals surface area contributed by atoms with E-state index in [0.29, 0.717) is 10.7 Å². The highest BCUT2D eigenvalue weighted by Gasteiger charge is 2.51. The molecule has 4 rings (SSSR count). The van der Waals surface area contributed by atoms with Crippen LogP contribution < -0.4 is 9.64 Å². The average Bonchev–Trinajstić information content (AvgIpc) is 3.00. The molecular weight excluding hydrogens is 448 g/mol. The SMILES string of the molecule is COc1ccc(C(=O)CC2(O)C(=O)N(Cc3ccccc3)c3ccc(Cl)cc32)cc1[N+](=O)[O-]. The molecule has 0 aliphatic carbocycles. The van der Waals surface area contributed by atoms with Gasteiger partial charge in [0.15, 0.2) is 17.1 Å². The first kappa shape index (κ1) is 22.4. The number of halogens is 1. The van der Waals surface area contributed by atoms with Crippen molar-refractivity contribution in [3.8, 4) is 5.75 Å². The van der Waals surface area contributed by atoms with Crippen LogP contribution in [0.3, 0.4) is 0 Å². The number of carbonyl (C=O) groups is 2. The Morgan fingerprint density at radius 1 is 1.15 bits per heavy atom. The smallest absolute Gasteiger partial charge is 0.311 e. The zero-order chi connectivity index (χ0) is 23.8. The molecule has 0 saturated heterocycles. The average molecular weight is 467 g/mol. The normalized spacial score (nSPS) is 17.1. The van der Waals surface area contributed by atoms with Crippen LogP contribution in [-0.4, -0.2) is 28.8 Å². The molecular formula is C24H19ClN2O6. The molecule has 168 valence electrons. The quantitative estimate of drug-likeness (QED) is 0.316. The summed E-state index contributed by atoms with van der Waals surface area (Å²) in [6.45, 7) is 0.193. The number of anilines is 1. The van der Waals surface area contributed by atoms with Crippen molar-refractivity contribution in [2.75, 3.05) is 12.0 Å². The minimum Gasteiger partial charge on any atom is -0.490 e. The maximum absolute atomic E-state index is 13.4. The van der Waals surface area contributed by atoms with Gasteiger partial charge in [0.25, 0.3) is 5.91 Å². The number of Topliss-reactive ketones (excluding diaryl/α,β-unsaturated/α-hetero) is 1. The second kappa shape index (κ2) is 8.65. The van der Waals surface area contributed by atoms with E-state index in [1.165, 1.54) is 30.2 Å². The van der Waals surface area contributed by atoms with Gasteiger partial charge in [-0.05, 0) is 35.9 Å². The number of nitro benzene ring substituents is 1. The van der Waals surface area contributed by atoms with Gasteiger partial charge in [-0.2, -0.15) is 0 Å². The van der Waals surface area contributed by atoms with Gasteiger partial charge in [0, 0.05) is 22.2 Å². The van der Waals surface area contributed by atoms with Crippen molar-refractivity contribution < 1.29 is 24.4 Å². The lowest BCUT2D eigenvalue weighted by molar-refractivity contribution is -0.385. The Balaban J connectivity index is 1.70. The van der Waals surface area contributed by atoms with Crippen molar-refractivity contribution >= 4 is 34.7 Å². The Morgan fingerprint density at radius 3 is 2.55 bits per heavy atom. The number of nitrogens with zero attached hydrogens (tertiary/aromatic N) is 2. The first-order valence-electron chi connectivity index (χ1n) is 9.98.